The quantitative estimate of drug-likeness (QED) is 0.482. The molecule has 0 amide bonds. The summed E-state index contributed by atoms with van der Waals surface area (Å²) >= 11 is 0. The molecule has 3 rings (SSSR count). The van der Waals surface area contributed by atoms with Gasteiger partial charge < -0.3 is 20.3 Å². The number of alkyl halides is 2. The maximum atomic E-state index is 12.7. The Morgan fingerprint density at radius 1 is 1.33 bits per heavy atom. The van der Waals surface area contributed by atoms with Crippen LogP contribution in [-0.2, 0) is 6.54 Å². The predicted octanol–water partition coefficient (Wildman–Crippen LogP) is 2.95. The summed E-state index contributed by atoms with van der Waals surface area (Å²) in [5, 5.41) is 11.0. The monoisotopic (exact) mass is 420 g/mol. The molecule has 1 fully saturated rings. The van der Waals surface area contributed by atoms with Gasteiger partial charge in [0.25, 0.3) is 0 Å². The number of hydrogen-bond acceptors (Lipinski definition) is 4. The van der Waals surface area contributed by atoms with E-state index >= 15 is 0 Å². The molecular weight excluding hydrogens is 390 g/mol. The van der Waals surface area contributed by atoms with Crippen LogP contribution in [0.25, 0.3) is 0 Å². The van der Waals surface area contributed by atoms with Crippen LogP contribution >= 0.6 is 0 Å². The average molecular weight is 421 g/mol. The first-order valence-electron chi connectivity index (χ1n) is 10.4. The number of para-hydroxylation sites is 2. The molecule has 2 aromatic rings. The number of hydrogen-bond donors (Lipinski definition) is 2. The van der Waals surface area contributed by atoms with Gasteiger partial charge in [-0.25, -0.2) is 0 Å². The lowest BCUT2D eigenvalue weighted by atomic mass is 10.2. The summed E-state index contributed by atoms with van der Waals surface area (Å²) in [4.78, 5) is 6.79. The smallest absolute Gasteiger partial charge is 0.387 e. The number of rotatable bonds is 9. The molecule has 2 N–H and O–H groups in total. The van der Waals surface area contributed by atoms with Crippen LogP contribution in [0.5, 0.6) is 5.75 Å². The van der Waals surface area contributed by atoms with Crippen LogP contribution in [0.2, 0.25) is 0 Å². The molecule has 1 saturated heterocycles. The molecule has 164 valence electrons. The van der Waals surface area contributed by atoms with Crippen molar-refractivity contribution in [1.82, 2.24) is 20.4 Å². The number of aromatic nitrogens is 2. The van der Waals surface area contributed by atoms with E-state index in [1.807, 2.05) is 36.0 Å². The minimum absolute atomic E-state index is 0.170. The lowest BCUT2D eigenvalue weighted by Crippen LogP contribution is -2.45. The topological polar surface area (TPSA) is 66.7 Å². The first-order valence-corrected chi connectivity index (χ1v) is 10.4. The molecule has 9 heteroatoms. The number of benzene rings is 1. The van der Waals surface area contributed by atoms with Gasteiger partial charge in [-0.1, -0.05) is 19.1 Å². The summed E-state index contributed by atoms with van der Waals surface area (Å²) in [6.45, 7) is 5.05. The third kappa shape index (κ3) is 6.33. The highest BCUT2D eigenvalue weighted by Crippen LogP contribution is 2.31. The van der Waals surface area contributed by atoms with Crippen LogP contribution in [0.15, 0.2) is 47.7 Å². The standard InChI is InChI=1S/C21H30F2N6O/c1-3-24-21(25-13-16(2)14-29-11-6-10-26-29)27-17-9-12-28(15-17)18-7-4-5-8-19(18)30-20(22)23/h4-8,10-11,16-17,20H,3,9,12-15H2,1-2H3,(H2,24,25,27). The molecule has 7 nitrogen and oxygen atoms in total. The maximum Gasteiger partial charge on any atom is 0.387 e. The zero-order chi connectivity index (χ0) is 21.3. The van der Waals surface area contributed by atoms with E-state index in [0.717, 1.165) is 32.0 Å². The van der Waals surface area contributed by atoms with Crippen LogP contribution in [0.3, 0.4) is 0 Å². The third-order valence-electron chi connectivity index (χ3n) is 4.91. The highest BCUT2D eigenvalue weighted by molar-refractivity contribution is 5.80. The van der Waals surface area contributed by atoms with Crippen molar-refractivity contribution >= 4 is 11.6 Å². The molecule has 0 bridgehead atoms. The number of ether oxygens (including phenoxy) is 1. The Balaban J connectivity index is 1.57. The Hall–Kier alpha value is -2.84. The molecule has 2 unspecified atom stereocenters. The van der Waals surface area contributed by atoms with Crippen molar-refractivity contribution in [3.05, 3.63) is 42.7 Å². The first-order chi connectivity index (χ1) is 14.5. The Kier molecular flexibility index (Phi) is 7.87. The fraction of sp³-hybridized carbons (Fsp3) is 0.524. The molecule has 2 heterocycles. The third-order valence-corrected chi connectivity index (χ3v) is 4.91. The molecule has 0 saturated carbocycles. The largest absolute Gasteiger partial charge is 0.433 e. The van der Waals surface area contributed by atoms with E-state index in [1.165, 1.54) is 0 Å². The van der Waals surface area contributed by atoms with Gasteiger partial charge in [0.05, 0.1) is 5.69 Å². The fourth-order valence-corrected chi connectivity index (χ4v) is 3.56. The van der Waals surface area contributed by atoms with Crippen LogP contribution < -0.4 is 20.3 Å². The van der Waals surface area contributed by atoms with Gasteiger partial charge in [0.1, 0.15) is 5.75 Å². The van der Waals surface area contributed by atoms with E-state index in [-0.39, 0.29) is 11.8 Å². The van der Waals surface area contributed by atoms with Crippen LogP contribution in [0.4, 0.5) is 14.5 Å². The normalized spacial score (nSPS) is 18.0. The molecular formula is C21H30F2N6O. The van der Waals surface area contributed by atoms with E-state index < -0.39 is 6.61 Å². The lowest BCUT2D eigenvalue weighted by Gasteiger charge is -2.22. The van der Waals surface area contributed by atoms with Gasteiger partial charge in [0, 0.05) is 51.2 Å². The zero-order valence-electron chi connectivity index (χ0n) is 17.5. The molecule has 0 radical (unpaired) electrons. The Morgan fingerprint density at radius 2 is 2.17 bits per heavy atom. The van der Waals surface area contributed by atoms with Crippen molar-refractivity contribution in [2.75, 3.05) is 31.1 Å². The number of nitrogens with one attached hydrogen (secondary N) is 2. The van der Waals surface area contributed by atoms with E-state index in [4.69, 9.17) is 4.99 Å². The van der Waals surface area contributed by atoms with E-state index in [1.54, 1.807) is 18.3 Å². The molecule has 2 atom stereocenters. The second-order valence-electron chi connectivity index (χ2n) is 7.48. The lowest BCUT2D eigenvalue weighted by molar-refractivity contribution is -0.0495. The summed E-state index contributed by atoms with van der Waals surface area (Å²) in [6, 6.07) is 9.01. The minimum atomic E-state index is -2.83. The Labute approximate surface area is 176 Å². The summed E-state index contributed by atoms with van der Waals surface area (Å²) in [6.07, 6.45) is 4.61. The van der Waals surface area contributed by atoms with Crippen molar-refractivity contribution in [2.24, 2.45) is 10.9 Å². The summed E-state index contributed by atoms with van der Waals surface area (Å²) in [5.41, 5.74) is 0.692. The molecule has 1 aromatic heterocycles. The number of guanidine groups is 1. The first kappa shape index (κ1) is 21.9. The van der Waals surface area contributed by atoms with E-state index in [0.29, 0.717) is 24.7 Å². The SMILES string of the molecule is CCNC(=NCC(C)Cn1cccn1)NC1CCN(c2ccccc2OC(F)F)C1. The van der Waals surface area contributed by atoms with Crippen molar-refractivity contribution in [3.63, 3.8) is 0 Å². The molecule has 30 heavy (non-hydrogen) atoms. The zero-order valence-corrected chi connectivity index (χ0v) is 17.5. The van der Waals surface area contributed by atoms with E-state index in [9.17, 15) is 8.78 Å². The Morgan fingerprint density at radius 3 is 2.90 bits per heavy atom. The predicted molar refractivity (Wildman–Crippen MR) is 114 cm³/mol. The van der Waals surface area contributed by atoms with Gasteiger partial charge in [-0.3, -0.25) is 9.67 Å². The summed E-state index contributed by atoms with van der Waals surface area (Å²) in [5.74, 6) is 1.33. The second kappa shape index (κ2) is 10.8. The molecule has 0 spiro atoms. The van der Waals surface area contributed by atoms with Gasteiger partial charge in [0.15, 0.2) is 5.96 Å². The maximum absolute atomic E-state index is 12.7. The van der Waals surface area contributed by atoms with Crippen molar-refractivity contribution in [1.29, 1.82) is 0 Å². The van der Waals surface area contributed by atoms with Crippen molar-refractivity contribution < 1.29 is 13.5 Å². The number of anilines is 1. The Bertz CT molecular complexity index is 799. The van der Waals surface area contributed by atoms with Gasteiger partial charge in [-0.15, -0.1) is 0 Å². The van der Waals surface area contributed by atoms with Gasteiger partial charge in [0.2, 0.25) is 0 Å². The molecule has 0 aliphatic carbocycles. The average Bonchev–Trinajstić information content (AvgIpc) is 3.38. The van der Waals surface area contributed by atoms with Gasteiger partial charge in [-0.2, -0.15) is 13.9 Å². The highest BCUT2D eigenvalue weighted by atomic mass is 19.3. The summed E-state index contributed by atoms with van der Waals surface area (Å²) < 4.78 is 32.0. The fourth-order valence-electron chi connectivity index (χ4n) is 3.56. The molecule has 1 aromatic carbocycles. The van der Waals surface area contributed by atoms with Crippen molar-refractivity contribution in [2.45, 2.75) is 39.5 Å². The molecule has 1 aliphatic rings. The van der Waals surface area contributed by atoms with Crippen molar-refractivity contribution in [3.8, 4) is 5.75 Å². The van der Waals surface area contributed by atoms with Gasteiger partial charge in [-0.05, 0) is 37.5 Å². The van der Waals surface area contributed by atoms with Crippen LogP contribution in [0, 0.1) is 5.92 Å². The highest BCUT2D eigenvalue weighted by Gasteiger charge is 2.26. The van der Waals surface area contributed by atoms with E-state index in [2.05, 4.69) is 32.3 Å². The minimum Gasteiger partial charge on any atom is -0.433 e. The molecule has 1 aliphatic heterocycles. The summed E-state index contributed by atoms with van der Waals surface area (Å²) in [7, 11) is 0. The number of aliphatic imine (C=N–C) groups is 1. The second-order valence-corrected chi connectivity index (χ2v) is 7.48. The number of nitrogens with zero attached hydrogens (tertiary/aromatic N) is 4. The van der Waals surface area contributed by atoms with Gasteiger partial charge >= 0.3 is 6.61 Å². The van der Waals surface area contributed by atoms with Crippen LogP contribution in [-0.4, -0.2) is 54.6 Å². The number of halogens is 2. The van der Waals surface area contributed by atoms with Crippen LogP contribution in [0.1, 0.15) is 20.3 Å².